The Morgan fingerprint density at radius 3 is 1.05 bits per heavy atom. The molecule has 0 saturated carbocycles. The van der Waals surface area contributed by atoms with Gasteiger partial charge in [0.2, 0.25) is 0 Å². The maximum atomic E-state index is 6.89. The summed E-state index contributed by atoms with van der Waals surface area (Å²) in [4.78, 5) is 0. The zero-order valence-corrected chi connectivity index (χ0v) is 37.4. The molecule has 0 radical (unpaired) electrons. The van der Waals surface area contributed by atoms with Gasteiger partial charge in [-0.2, -0.15) is 0 Å². The largest absolute Gasteiger partial charge is 0.376 e. The highest BCUT2D eigenvalue weighted by Gasteiger charge is 2.56. The number of hydrogen-bond donors (Lipinski definition) is 0. The van der Waals surface area contributed by atoms with E-state index >= 15 is 0 Å². The molecule has 5 rings (SSSR count). The minimum absolute atomic E-state index is 0.0670. The zero-order valence-electron chi connectivity index (χ0n) is 37.4. The molecule has 0 aromatic heterocycles. The van der Waals surface area contributed by atoms with E-state index < -0.39 is 135 Å². The van der Waals surface area contributed by atoms with Crippen LogP contribution in [0, 0.1) is 0 Å². The Hall–Kier alpha value is -0.840. The van der Waals surface area contributed by atoms with E-state index in [-0.39, 0.29) is 19.8 Å². The fraction of sp³-hybridized carbons (Fsp3) is 1.00. The highest BCUT2D eigenvalue weighted by molar-refractivity contribution is 4.98. The lowest BCUT2D eigenvalue weighted by molar-refractivity contribution is -0.397. The van der Waals surface area contributed by atoms with Gasteiger partial charge in [-0.25, -0.2) is 0 Å². The van der Waals surface area contributed by atoms with Gasteiger partial charge in [-0.05, 0) is 13.8 Å². The summed E-state index contributed by atoms with van der Waals surface area (Å²) in [7, 11) is 18.7. The van der Waals surface area contributed by atoms with E-state index in [4.69, 9.17) is 99.5 Å². The normalized spacial score (nSPS) is 46.7. The van der Waals surface area contributed by atoms with Gasteiger partial charge in [0.25, 0.3) is 0 Å². The van der Waals surface area contributed by atoms with Crippen molar-refractivity contribution >= 4 is 0 Å². The third kappa shape index (κ3) is 10.6. The lowest BCUT2D eigenvalue weighted by Crippen LogP contribution is -2.67. The summed E-state index contributed by atoms with van der Waals surface area (Å²) in [6.45, 7) is 4.14. The van der Waals surface area contributed by atoms with E-state index in [0.717, 1.165) is 0 Å². The van der Waals surface area contributed by atoms with Crippen LogP contribution in [0.3, 0.4) is 0 Å². The molecule has 60 heavy (non-hydrogen) atoms. The highest BCUT2D eigenvalue weighted by atomic mass is 16.8. The minimum Gasteiger partial charge on any atom is -0.376 e. The van der Waals surface area contributed by atoms with Crippen molar-refractivity contribution in [3.63, 3.8) is 0 Å². The van der Waals surface area contributed by atoms with Crippen molar-refractivity contribution in [2.75, 3.05) is 105 Å². The molecule has 5 aliphatic rings. The Morgan fingerprint density at radius 2 is 0.600 bits per heavy atom. The molecule has 352 valence electrons. The third-order valence-electron chi connectivity index (χ3n) is 12.1. The van der Waals surface area contributed by atoms with Gasteiger partial charge in [0.15, 0.2) is 31.5 Å². The molecule has 0 spiro atoms. The van der Waals surface area contributed by atoms with Crippen molar-refractivity contribution in [2.45, 2.75) is 149 Å². The topological polar surface area (TPSA) is 194 Å². The van der Waals surface area contributed by atoms with Gasteiger partial charge in [-0.15, -0.1) is 0 Å². The predicted octanol–water partition coefficient (Wildman–Crippen LogP) is -0.103. The maximum Gasteiger partial charge on any atom is 0.187 e. The quantitative estimate of drug-likeness (QED) is 0.157. The van der Waals surface area contributed by atoms with E-state index in [1.54, 1.807) is 64.0 Å². The van der Waals surface area contributed by atoms with Gasteiger partial charge < -0.3 is 99.5 Å². The molecular weight excluding hydrogens is 804 g/mol. The first-order valence-electron chi connectivity index (χ1n) is 20.2. The van der Waals surface area contributed by atoms with Crippen LogP contribution in [-0.4, -0.2) is 240 Å². The maximum absolute atomic E-state index is 6.89. The van der Waals surface area contributed by atoms with Gasteiger partial charge >= 0.3 is 0 Å². The molecule has 21 nitrogen and oxygen atoms in total. The van der Waals surface area contributed by atoms with Crippen LogP contribution in [0.4, 0.5) is 0 Å². The molecule has 21 heteroatoms. The van der Waals surface area contributed by atoms with Crippen LogP contribution in [0.25, 0.3) is 0 Å². The first-order chi connectivity index (χ1) is 29.1. The van der Waals surface area contributed by atoms with Crippen LogP contribution < -0.4 is 0 Å². The number of methoxy groups -OCH3 is 12. The molecule has 0 amide bonds. The second-order valence-corrected chi connectivity index (χ2v) is 15.1. The Bertz CT molecular complexity index is 1220. The minimum atomic E-state index is -1.08. The molecular formula is C39H70O21. The second kappa shape index (κ2) is 23.9. The lowest BCUT2D eigenvalue weighted by Gasteiger charge is -2.51. The van der Waals surface area contributed by atoms with Gasteiger partial charge in [0, 0.05) is 85.3 Å². The monoisotopic (exact) mass is 874 g/mol. The molecule has 0 unspecified atom stereocenters. The fourth-order valence-corrected chi connectivity index (χ4v) is 8.87. The van der Waals surface area contributed by atoms with E-state index in [0.29, 0.717) is 0 Å². The summed E-state index contributed by atoms with van der Waals surface area (Å²) in [5, 5.41) is 0. The van der Waals surface area contributed by atoms with Crippen molar-refractivity contribution in [2.24, 2.45) is 0 Å². The summed E-state index contributed by atoms with van der Waals surface area (Å²) in [5.74, 6) is 0. The van der Waals surface area contributed by atoms with Crippen LogP contribution >= 0.6 is 0 Å². The molecule has 5 fully saturated rings. The summed E-state index contributed by atoms with van der Waals surface area (Å²) in [5.41, 5.74) is 0. The van der Waals surface area contributed by atoms with Crippen molar-refractivity contribution in [1.29, 1.82) is 0 Å². The Balaban J connectivity index is 1.46. The molecule has 22 atom stereocenters. The van der Waals surface area contributed by atoms with Crippen LogP contribution in [0.2, 0.25) is 0 Å². The number of rotatable bonds is 20. The molecule has 5 saturated heterocycles. The predicted molar refractivity (Wildman–Crippen MR) is 203 cm³/mol. The van der Waals surface area contributed by atoms with Crippen LogP contribution in [0.1, 0.15) is 13.8 Å². The molecule has 0 aliphatic carbocycles. The van der Waals surface area contributed by atoms with E-state index in [1.165, 1.54) is 21.3 Å². The Labute approximate surface area is 353 Å². The molecule has 0 N–H and O–H groups in total. The molecule has 0 aromatic rings. The molecule has 0 bridgehead atoms. The van der Waals surface area contributed by atoms with Gasteiger partial charge in [-0.1, -0.05) is 0 Å². The first kappa shape index (κ1) is 50.2. The summed E-state index contributed by atoms with van der Waals surface area (Å²) >= 11 is 0. The fourth-order valence-electron chi connectivity index (χ4n) is 8.87. The van der Waals surface area contributed by atoms with E-state index in [9.17, 15) is 0 Å². The first-order valence-corrected chi connectivity index (χ1v) is 20.2. The van der Waals surface area contributed by atoms with Gasteiger partial charge in [-0.3, -0.25) is 0 Å². The smallest absolute Gasteiger partial charge is 0.187 e. The Kier molecular flexibility index (Phi) is 20.0. The lowest BCUT2D eigenvalue weighted by atomic mass is 9.96. The molecule has 0 aromatic carbocycles. The van der Waals surface area contributed by atoms with E-state index in [2.05, 4.69) is 0 Å². The molecule has 5 aliphatic heterocycles. The average molecular weight is 875 g/mol. The van der Waals surface area contributed by atoms with Crippen molar-refractivity contribution in [3.8, 4) is 0 Å². The molecule has 5 heterocycles. The summed E-state index contributed by atoms with van der Waals surface area (Å²) in [6.07, 6.45) is -16.3. The van der Waals surface area contributed by atoms with Crippen molar-refractivity contribution in [1.82, 2.24) is 0 Å². The van der Waals surface area contributed by atoms with Crippen molar-refractivity contribution < 1.29 is 99.5 Å². The summed E-state index contributed by atoms with van der Waals surface area (Å²) in [6, 6.07) is 0. The third-order valence-corrected chi connectivity index (χ3v) is 12.1. The Morgan fingerprint density at radius 1 is 0.267 bits per heavy atom. The highest BCUT2D eigenvalue weighted by Crippen LogP contribution is 2.38. The number of ether oxygens (including phenoxy) is 21. The SMILES string of the molecule is CO[C@H]1OC[C@H](OC)[C@H](OC)[C@H]1O[C@@H]1O[C@@H](C)[C@H](O[C@@H]2OC[C@@H](OC)[C@H](O[C@@H]3O[C@@H](C)[C@H](OC)[C@@H](OC)[C@H]3OC)[C@H]2OC)[C@@H](O[C@@H]2OC[C@@H](OC)[C@H](OC)[C@H]2OC)[C@H]1OC. The average Bonchev–Trinajstić information content (AvgIpc) is 3.26. The second-order valence-electron chi connectivity index (χ2n) is 15.1. The van der Waals surface area contributed by atoms with Gasteiger partial charge in [0.05, 0.1) is 32.0 Å². The standard InChI is InChI=1S/C39H70O21/c1-18-23(43-6)28(46-9)32(49-12)38(55-18)58-27-22(42-5)17-54-37(31(27)48-11)57-24-19(2)56-39(60-34-26(45-8)21(41-4)15-52-35(34)51-14)33(50-13)29(24)59-36-30(47-10)25(44-7)20(40-3)16-53-36/h18-39H,15-17H2,1-14H3/t18-,19-,20+,21-,22+,23-,24-,25-,26-,27-,28+,29+,30+,31+,32+,33+,34+,35-,36-,37-,38-,39-/m0/s1. The zero-order chi connectivity index (χ0) is 43.7. The van der Waals surface area contributed by atoms with Crippen LogP contribution in [0.5, 0.6) is 0 Å². The van der Waals surface area contributed by atoms with E-state index in [1.807, 2.05) is 13.8 Å². The van der Waals surface area contributed by atoms with Crippen LogP contribution in [0.15, 0.2) is 0 Å². The number of hydrogen-bond acceptors (Lipinski definition) is 21. The van der Waals surface area contributed by atoms with Gasteiger partial charge in [0.1, 0.15) is 91.6 Å². The summed E-state index contributed by atoms with van der Waals surface area (Å²) < 4.78 is 129. The van der Waals surface area contributed by atoms with Crippen LogP contribution in [-0.2, 0) is 99.5 Å². The van der Waals surface area contributed by atoms with Crippen molar-refractivity contribution in [3.05, 3.63) is 0 Å².